The summed E-state index contributed by atoms with van der Waals surface area (Å²) in [6.45, 7) is 0. The summed E-state index contributed by atoms with van der Waals surface area (Å²) in [5, 5.41) is 0. The molecule has 3 heterocycles. The maximum atomic E-state index is 11.9. The number of fused-ring (bicyclic) bond motifs is 5. The first-order valence-corrected chi connectivity index (χ1v) is 7.34. The normalized spacial score (nSPS) is 47.3. The van der Waals surface area contributed by atoms with Crippen LogP contribution in [-0.4, -0.2) is 30.6 Å². The molecule has 4 rings (SSSR count). The SMILES string of the molecule is O=C1O[C@H](OC2CCCCC2)[C@@H]2[C@H]1[C@H]1CC[C@@H]2O1. The average molecular weight is 252 g/mol. The van der Waals surface area contributed by atoms with Gasteiger partial charge in [-0.05, 0) is 25.7 Å². The fraction of sp³-hybridized carbons (Fsp3) is 0.929. The average Bonchev–Trinajstić information content (AvgIpc) is 3.05. The van der Waals surface area contributed by atoms with Crippen LogP contribution in [0.25, 0.3) is 0 Å². The highest BCUT2D eigenvalue weighted by Gasteiger charge is 2.61. The van der Waals surface area contributed by atoms with E-state index in [1.165, 1.54) is 19.3 Å². The van der Waals surface area contributed by atoms with Crippen LogP contribution in [0.15, 0.2) is 0 Å². The maximum absolute atomic E-state index is 11.9. The van der Waals surface area contributed by atoms with Gasteiger partial charge in [0.1, 0.15) is 0 Å². The molecule has 1 aliphatic carbocycles. The molecule has 100 valence electrons. The van der Waals surface area contributed by atoms with Crippen LogP contribution in [0, 0.1) is 11.8 Å². The first-order chi connectivity index (χ1) is 8.83. The predicted octanol–water partition coefficient (Wildman–Crippen LogP) is 2.01. The number of hydrogen-bond acceptors (Lipinski definition) is 4. The zero-order chi connectivity index (χ0) is 12.1. The number of hydrogen-bond donors (Lipinski definition) is 0. The van der Waals surface area contributed by atoms with E-state index in [1.54, 1.807) is 0 Å². The van der Waals surface area contributed by atoms with E-state index in [2.05, 4.69) is 0 Å². The highest BCUT2D eigenvalue weighted by atomic mass is 16.7. The van der Waals surface area contributed by atoms with Crippen molar-refractivity contribution in [2.45, 2.75) is 69.5 Å². The van der Waals surface area contributed by atoms with Crippen LogP contribution in [0.4, 0.5) is 0 Å². The Kier molecular flexibility index (Phi) is 2.62. The van der Waals surface area contributed by atoms with Crippen LogP contribution in [0.3, 0.4) is 0 Å². The highest BCUT2D eigenvalue weighted by Crippen LogP contribution is 2.50. The molecule has 3 aliphatic heterocycles. The lowest BCUT2D eigenvalue weighted by molar-refractivity contribution is -0.190. The van der Waals surface area contributed by atoms with E-state index in [0.29, 0.717) is 0 Å². The number of carbonyl (C=O) groups excluding carboxylic acids is 1. The van der Waals surface area contributed by atoms with Gasteiger partial charge in [-0.2, -0.15) is 0 Å². The van der Waals surface area contributed by atoms with E-state index in [0.717, 1.165) is 25.7 Å². The summed E-state index contributed by atoms with van der Waals surface area (Å²) in [7, 11) is 0. The van der Waals surface area contributed by atoms with Gasteiger partial charge < -0.3 is 14.2 Å². The van der Waals surface area contributed by atoms with E-state index < -0.39 is 0 Å². The van der Waals surface area contributed by atoms with Gasteiger partial charge in [0.05, 0.1) is 30.1 Å². The second-order valence-corrected chi connectivity index (χ2v) is 6.09. The number of cyclic esters (lactones) is 1. The van der Waals surface area contributed by atoms with E-state index in [-0.39, 0.29) is 42.4 Å². The van der Waals surface area contributed by atoms with Crippen molar-refractivity contribution >= 4 is 5.97 Å². The summed E-state index contributed by atoms with van der Waals surface area (Å²) in [5.41, 5.74) is 0. The van der Waals surface area contributed by atoms with E-state index in [1.807, 2.05) is 0 Å². The summed E-state index contributed by atoms with van der Waals surface area (Å²) in [6.07, 6.45) is 8.33. The highest BCUT2D eigenvalue weighted by molar-refractivity contribution is 5.76. The molecule has 5 atom stereocenters. The third-order valence-corrected chi connectivity index (χ3v) is 5.03. The lowest BCUT2D eigenvalue weighted by Crippen LogP contribution is -2.35. The molecule has 4 heteroatoms. The molecule has 3 saturated heterocycles. The van der Waals surface area contributed by atoms with Gasteiger partial charge in [-0.15, -0.1) is 0 Å². The second-order valence-electron chi connectivity index (χ2n) is 6.09. The van der Waals surface area contributed by atoms with Gasteiger partial charge in [0.15, 0.2) is 0 Å². The zero-order valence-corrected chi connectivity index (χ0v) is 10.5. The first kappa shape index (κ1) is 11.2. The molecule has 4 aliphatic rings. The molecule has 0 unspecified atom stereocenters. The topological polar surface area (TPSA) is 44.8 Å². The summed E-state index contributed by atoms with van der Waals surface area (Å²) >= 11 is 0. The van der Waals surface area contributed by atoms with Crippen molar-refractivity contribution in [1.29, 1.82) is 0 Å². The maximum Gasteiger partial charge on any atom is 0.314 e. The van der Waals surface area contributed by atoms with Crippen molar-refractivity contribution in [2.75, 3.05) is 0 Å². The third kappa shape index (κ3) is 1.62. The Morgan fingerprint density at radius 3 is 2.61 bits per heavy atom. The van der Waals surface area contributed by atoms with Crippen LogP contribution < -0.4 is 0 Å². The molecule has 4 nitrogen and oxygen atoms in total. The largest absolute Gasteiger partial charge is 0.435 e. The van der Waals surface area contributed by atoms with Crippen molar-refractivity contribution in [3.8, 4) is 0 Å². The van der Waals surface area contributed by atoms with Crippen molar-refractivity contribution in [2.24, 2.45) is 11.8 Å². The van der Waals surface area contributed by atoms with Crippen molar-refractivity contribution < 1.29 is 19.0 Å². The van der Waals surface area contributed by atoms with E-state index >= 15 is 0 Å². The summed E-state index contributed by atoms with van der Waals surface area (Å²) in [5.74, 6) is 0.0310. The number of rotatable bonds is 2. The minimum atomic E-state index is -0.333. The Morgan fingerprint density at radius 2 is 1.78 bits per heavy atom. The number of carbonyl (C=O) groups is 1. The molecule has 0 N–H and O–H groups in total. The lowest BCUT2D eigenvalue weighted by atomic mass is 9.80. The van der Waals surface area contributed by atoms with Crippen LogP contribution >= 0.6 is 0 Å². The summed E-state index contributed by atoms with van der Waals surface area (Å²) in [6, 6.07) is 0. The minimum absolute atomic E-state index is 0.0441. The summed E-state index contributed by atoms with van der Waals surface area (Å²) in [4.78, 5) is 11.9. The second kappa shape index (κ2) is 4.20. The molecular formula is C14H20O4. The fourth-order valence-electron chi connectivity index (χ4n) is 4.15. The monoisotopic (exact) mass is 252 g/mol. The van der Waals surface area contributed by atoms with Gasteiger partial charge >= 0.3 is 5.97 Å². The Morgan fingerprint density at radius 1 is 1.00 bits per heavy atom. The smallest absolute Gasteiger partial charge is 0.314 e. The first-order valence-electron chi connectivity index (χ1n) is 7.34. The molecule has 2 bridgehead atoms. The fourth-order valence-corrected chi connectivity index (χ4v) is 4.15. The lowest BCUT2D eigenvalue weighted by Gasteiger charge is -2.28. The van der Waals surface area contributed by atoms with Crippen LogP contribution in [-0.2, 0) is 19.0 Å². The molecule has 1 saturated carbocycles. The van der Waals surface area contributed by atoms with E-state index in [4.69, 9.17) is 14.2 Å². The molecule has 0 amide bonds. The third-order valence-electron chi connectivity index (χ3n) is 5.03. The molecule has 4 fully saturated rings. The van der Waals surface area contributed by atoms with E-state index in [9.17, 15) is 4.79 Å². The van der Waals surface area contributed by atoms with Crippen molar-refractivity contribution in [1.82, 2.24) is 0 Å². The molecule has 18 heavy (non-hydrogen) atoms. The van der Waals surface area contributed by atoms with Gasteiger partial charge in [0.25, 0.3) is 0 Å². The Balaban J connectivity index is 1.47. The molecule has 0 aromatic heterocycles. The van der Waals surface area contributed by atoms with Crippen LogP contribution in [0.5, 0.6) is 0 Å². The van der Waals surface area contributed by atoms with Crippen molar-refractivity contribution in [3.63, 3.8) is 0 Å². The molecule has 0 spiro atoms. The zero-order valence-electron chi connectivity index (χ0n) is 10.5. The molecule has 0 aromatic carbocycles. The Labute approximate surface area is 107 Å². The quantitative estimate of drug-likeness (QED) is 0.705. The van der Waals surface area contributed by atoms with Crippen LogP contribution in [0.1, 0.15) is 44.9 Å². The van der Waals surface area contributed by atoms with Gasteiger partial charge in [0, 0.05) is 0 Å². The van der Waals surface area contributed by atoms with Crippen molar-refractivity contribution in [3.05, 3.63) is 0 Å². The van der Waals surface area contributed by atoms with Gasteiger partial charge in [0.2, 0.25) is 6.29 Å². The molecule has 0 aromatic rings. The Hall–Kier alpha value is -0.610. The molecule has 0 radical (unpaired) electrons. The van der Waals surface area contributed by atoms with Gasteiger partial charge in [-0.1, -0.05) is 19.3 Å². The predicted molar refractivity (Wildman–Crippen MR) is 62.7 cm³/mol. The van der Waals surface area contributed by atoms with Crippen LogP contribution in [0.2, 0.25) is 0 Å². The summed E-state index contributed by atoms with van der Waals surface area (Å²) < 4.78 is 17.4. The minimum Gasteiger partial charge on any atom is -0.435 e. The number of ether oxygens (including phenoxy) is 3. The number of esters is 1. The van der Waals surface area contributed by atoms with Gasteiger partial charge in [-0.25, -0.2) is 0 Å². The van der Waals surface area contributed by atoms with Gasteiger partial charge in [-0.3, -0.25) is 4.79 Å². The standard InChI is InChI=1S/C14H20O4/c15-13-11-9-6-7-10(17-9)12(11)14(18-13)16-8-4-2-1-3-5-8/h8-12,14H,1-7H2/t9-,10+,11-,12+,14+/m1/s1. The molecular weight excluding hydrogens is 232 g/mol. The Bertz CT molecular complexity index is 350.